The Morgan fingerprint density at radius 3 is 2.43 bits per heavy atom. The smallest absolute Gasteiger partial charge is 0.0976 e. The van der Waals surface area contributed by atoms with Crippen molar-refractivity contribution in [2.45, 2.75) is 38.5 Å². The molecule has 2 atom stereocenters. The van der Waals surface area contributed by atoms with Crippen LogP contribution < -0.4 is 4.72 Å². The molecule has 0 amide bonds. The molecule has 4 nitrogen and oxygen atoms in total. The van der Waals surface area contributed by atoms with E-state index in [4.69, 9.17) is 11.6 Å². The largest absolute Gasteiger partial charge is 0.242 e. The molecule has 0 unspecified atom stereocenters. The predicted molar refractivity (Wildman–Crippen MR) is 88.0 cm³/mol. The molecule has 0 aliphatic rings. The van der Waals surface area contributed by atoms with E-state index in [0.29, 0.717) is 5.02 Å². The zero-order valence-corrected chi connectivity index (χ0v) is 14.2. The Kier molecular flexibility index (Phi) is 4.86. The van der Waals surface area contributed by atoms with Crippen molar-refractivity contribution in [2.24, 2.45) is 0 Å². The molecule has 1 heterocycles. The molecule has 114 valence electrons. The van der Waals surface area contributed by atoms with Crippen molar-refractivity contribution in [1.82, 2.24) is 14.5 Å². The van der Waals surface area contributed by atoms with Gasteiger partial charge in [0.1, 0.15) is 0 Å². The van der Waals surface area contributed by atoms with Crippen molar-refractivity contribution in [3.63, 3.8) is 0 Å². The summed E-state index contributed by atoms with van der Waals surface area (Å²) in [7, 11) is -1.12. The van der Waals surface area contributed by atoms with Gasteiger partial charge in [-0.2, -0.15) is 5.10 Å². The van der Waals surface area contributed by atoms with Crippen LogP contribution in [0.3, 0.4) is 0 Å². The highest BCUT2D eigenvalue weighted by Crippen LogP contribution is 2.18. The Morgan fingerprint density at radius 2 is 1.86 bits per heavy atom. The summed E-state index contributed by atoms with van der Waals surface area (Å²) in [4.78, 5) is 0. The molecule has 6 heteroatoms. The Labute approximate surface area is 133 Å². The third-order valence-corrected chi connectivity index (χ3v) is 4.92. The van der Waals surface area contributed by atoms with E-state index >= 15 is 0 Å². The summed E-state index contributed by atoms with van der Waals surface area (Å²) in [6.07, 6.45) is 1.89. The minimum atomic E-state index is -1.12. The first-order chi connectivity index (χ1) is 9.77. The van der Waals surface area contributed by atoms with Crippen molar-refractivity contribution < 1.29 is 4.21 Å². The zero-order valence-electron chi connectivity index (χ0n) is 12.6. The van der Waals surface area contributed by atoms with Crippen molar-refractivity contribution in [3.05, 3.63) is 47.2 Å². The Bertz CT molecular complexity index is 631. The summed E-state index contributed by atoms with van der Waals surface area (Å²) in [6.45, 7) is 7.78. The highest BCUT2D eigenvalue weighted by atomic mass is 35.5. The van der Waals surface area contributed by atoms with Crippen LogP contribution in [0.2, 0.25) is 5.02 Å². The van der Waals surface area contributed by atoms with E-state index in [1.807, 2.05) is 64.2 Å². The van der Waals surface area contributed by atoms with Gasteiger partial charge in [-0.15, -0.1) is 0 Å². The van der Waals surface area contributed by atoms with Crippen LogP contribution in [0, 0.1) is 0 Å². The second kappa shape index (κ2) is 6.30. The Balaban J connectivity index is 2.12. The molecule has 21 heavy (non-hydrogen) atoms. The molecule has 0 saturated carbocycles. The van der Waals surface area contributed by atoms with E-state index in [9.17, 15) is 4.21 Å². The fourth-order valence-electron chi connectivity index (χ4n) is 1.70. The first kappa shape index (κ1) is 16.2. The maximum Gasteiger partial charge on any atom is 0.0976 e. The average Bonchev–Trinajstić information content (AvgIpc) is 2.88. The maximum atomic E-state index is 12.1. The van der Waals surface area contributed by atoms with Gasteiger partial charge in [-0.05, 0) is 58.0 Å². The summed E-state index contributed by atoms with van der Waals surface area (Å²) in [5.41, 5.74) is 1.79. The van der Waals surface area contributed by atoms with Gasteiger partial charge in [-0.25, -0.2) is 13.6 Å². The van der Waals surface area contributed by atoms with E-state index in [1.54, 1.807) is 4.68 Å². The summed E-state index contributed by atoms with van der Waals surface area (Å²) in [5, 5.41) is 5.22. The highest BCUT2D eigenvalue weighted by molar-refractivity contribution is 7.84. The van der Waals surface area contributed by atoms with Gasteiger partial charge in [0.25, 0.3) is 0 Å². The predicted octanol–water partition coefficient (Wildman–Crippen LogP) is 3.64. The zero-order chi connectivity index (χ0) is 15.6. The van der Waals surface area contributed by atoms with Gasteiger partial charge in [0.2, 0.25) is 0 Å². The topological polar surface area (TPSA) is 46.9 Å². The molecular weight excluding hydrogens is 306 g/mol. The van der Waals surface area contributed by atoms with Crippen LogP contribution in [0.1, 0.15) is 39.4 Å². The quantitative estimate of drug-likeness (QED) is 0.933. The minimum Gasteiger partial charge on any atom is -0.242 e. The number of hydrogen-bond donors (Lipinski definition) is 1. The van der Waals surface area contributed by atoms with Crippen molar-refractivity contribution in [1.29, 1.82) is 0 Å². The molecule has 0 aliphatic heterocycles. The SMILES string of the molecule is C[C@H](N[S@@](=O)C(C)(C)C)c1ccn(-c2ccc(Cl)cc2)n1. The first-order valence-electron chi connectivity index (χ1n) is 6.77. The number of halogens is 1. The Morgan fingerprint density at radius 1 is 1.24 bits per heavy atom. The third kappa shape index (κ3) is 4.15. The third-order valence-electron chi connectivity index (χ3n) is 2.98. The molecular formula is C15H20ClN3OS. The van der Waals surface area contributed by atoms with Crippen LogP contribution in [0.25, 0.3) is 5.69 Å². The van der Waals surface area contributed by atoms with Crippen molar-refractivity contribution >= 4 is 22.6 Å². The average molecular weight is 326 g/mol. The molecule has 1 aromatic carbocycles. The number of hydrogen-bond acceptors (Lipinski definition) is 2. The fourth-order valence-corrected chi connectivity index (χ4v) is 2.63. The molecule has 2 rings (SSSR count). The van der Waals surface area contributed by atoms with Gasteiger partial charge in [0, 0.05) is 11.2 Å². The van der Waals surface area contributed by atoms with Crippen molar-refractivity contribution in [2.75, 3.05) is 0 Å². The van der Waals surface area contributed by atoms with Gasteiger partial charge in [0.15, 0.2) is 0 Å². The fraction of sp³-hybridized carbons (Fsp3) is 0.400. The van der Waals surface area contributed by atoms with Gasteiger partial charge in [-0.1, -0.05) is 11.6 Å². The summed E-state index contributed by atoms with van der Waals surface area (Å²) in [5.74, 6) is 0. The van der Waals surface area contributed by atoms with Crippen LogP contribution in [-0.2, 0) is 11.0 Å². The van der Waals surface area contributed by atoms with E-state index in [0.717, 1.165) is 11.4 Å². The number of benzene rings is 1. The summed E-state index contributed by atoms with van der Waals surface area (Å²) in [6, 6.07) is 9.31. The second-order valence-corrected chi connectivity index (χ2v) is 8.32. The van der Waals surface area contributed by atoms with Gasteiger partial charge < -0.3 is 0 Å². The number of nitrogens with one attached hydrogen (secondary N) is 1. The van der Waals surface area contributed by atoms with Crippen LogP contribution in [0.15, 0.2) is 36.5 Å². The van der Waals surface area contributed by atoms with Gasteiger partial charge in [0.05, 0.1) is 33.2 Å². The van der Waals surface area contributed by atoms with Gasteiger partial charge >= 0.3 is 0 Å². The normalized spacial score (nSPS) is 14.9. The molecule has 1 aromatic heterocycles. The highest BCUT2D eigenvalue weighted by Gasteiger charge is 2.22. The lowest BCUT2D eigenvalue weighted by Gasteiger charge is -2.21. The van der Waals surface area contributed by atoms with E-state index in [2.05, 4.69) is 9.82 Å². The van der Waals surface area contributed by atoms with Crippen LogP contribution in [-0.4, -0.2) is 18.7 Å². The first-order valence-corrected chi connectivity index (χ1v) is 8.30. The lowest BCUT2D eigenvalue weighted by atomic mass is 10.3. The lowest BCUT2D eigenvalue weighted by Crippen LogP contribution is -2.35. The standard InChI is InChI=1S/C15H20ClN3OS/c1-11(18-21(20)15(2,3)4)14-9-10-19(17-14)13-7-5-12(16)6-8-13/h5-11,18H,1-4H3/t11-,21-/m0/s1. The van der Waals surface area contributed by atoms with Crippen LogP contribution >= 0.6 is 11.6 Å². The van der Waals surface area contributed by atoms with E-state index < -0.39 is 11.0 Å². The summed E-state index contributed by atoms with van der Waals surface area (Å²) >= 11 is 5.88. The number of rotatable bonds is 4. The maximum absolute atomic E-state index is 12.1. The Hall–Kier alpha value is -1.17. The number of aromatic nitrogens is 2. The van der Waals surface area contributed by atoms with Crippen LogP contribution in [0.4, 0.5) is 0 Å². The molecule has 0 spiro atoms. The van der Waals surface area contributed by atoms with Crippen LogP contribution in [0.5, 0.6) is 0 Å². The molecule has 0 bridgehead atoms. The molecule has 0 radical (unpaired) electrons. The number of nitrogens with zero attached hydrogens (tertiary/aromatic N) is 2. The molecule has 0 aliphatic carbocycles. The van der Waals surface area contributed by atoms with E-state index in [-0.39, 0.29) is 10.8 Å². The van der Waals surface area contributed by atoms with Crippen molar-refractivity contribution in [3.8, 4) is 5.69 Å². The second-order valence-electron chi connectivity index (χ2n) is 5.88. The van der Waals surface area contributed by atoms with E-state index in [1.165, 1.54) is 0 Å². The monoisotopic (exact) mass is 325 g/mol. The summed E-state index contributed by atoms with van der Waals surface area (Å²) < 4.78 is 16.7. The molecule has 0 saturated heterocycles. The molecule has 1 N–H and O–H groups in total. The van der Waals surface area contributed by atoms with Gasteiger partial charge in [-0.3, -0.25) is 0 Å². The molecule has 0 fully saturated rings. The lowest BCUT2D eigenvalue weighted by molar-refractivity contribution is 0.608. The molecule has 2 aromatic rings. The minimum absolute atomic E-state index is 0.0846.